The number of hydrogen-bond acceptors (Lipinski definition) is 5. The van der Waals surface area contributed by atoms with Gasteiger partial charge in [-0.3, -0.25) is 14.6 Å². The number of halogens is 1. The SMILES string of the molecule is C[C@@H](C(=O)NCc1ccccn1)N(Cc1ccc(F)cc1)C(=O)CCc1ccc(S(=O)(=O)N2CCCC2)cc1. The minimum Gasteiger partial charge on any atom is -0.349 e. The molecule has 1 aliphatic rings. The zero-order valence-electron chi connectivity index (χ0n) is 21.9. The van der Waals surface area contributed by atoms with Gasteiger partial charge in [0.25, 0.3) is 0 Å². The van der Waals surface area contributed by atoms with Gasteiger partial charge >= 0.3 is 0 Å². The Bertz CT molecular complexity index is 1360. The van der Waals surface area contributed by atoms with E-state index < -0.39 is 16.1 Å². The maximum Gasteiger partial charge on any atom is 0.243 e. The van der Waals surface area contributed by atoms with Crippen molar-refractivity contribution in [1.82, 2.24) is 19.5 Å². The highest BCUT2D eigenvalue weighted by Gasteiger charge is 2.28. The van der Waals surface area contributed by atoms with Crippen LogP contribution in [0.3, 0.4) is 0 Å². The zero-order valence-corrected chi connectivity index (χ0v) is 22.7. The minimum atomic E-state index is -3.50. The van der Waals surface area contributed by atoms with Crippen LogP contribution >= 0.6 is 0 Å². The number of benzene rings is 2. The third-order valence-corrected chi connectivity index (χ3v) is 8.77. The topological polar surface area (TPSA) is 99.7 Å². The van der Waals surface area contributed by atoms with E-state index in [1.807, 2.05) is 6.07 Å². The highest BCUT2D eigenvalue weighted by molar-refractivity contribution is 7.89. The van der Waals surface area contributed by atoms with E-state index in [4.69, 9.17) is 0 Å². The highest BCUT2D eigenvalue weighted by Crippen LogP contribution is 2.22. The van der Waals surface area contributed by atoms with Crippen LogP contribution < -0.4 is 5.32 Å². The molecular weight excluding hydrogens is 519 g/mol. The van der Waals surface area contributed by atoms with Crippen LogP contribution in [0.5, 0.6) is 0 Å². The number of hydrogen-bond donors (Lipinski definition) is 1. The van der Waals surface area contributed by atoms with Gasteiger partial charge in [-0.05, 0) is 73.7 Å². The number of pyridine rings is 1. The van der Waals surface area contributed by atoms with Gasteiger partial charge in [-0.15, -0.1) is 0 Å². The second-order valence-corrected chi connectivity index (χ2v) is 11.6. The fraction of sp³-hybridized carbons (Fsp3) is 0.345. The molecule has 0 aliphatic carbocycles. The van der Waals surface area contributed by atoms with Gasteiger partial charge in [-0.2, -0.15) is 4.31 Å². The maximum atomic E-state index is 13.4. The largest absolute Gasteiger partial charge is 0.349 e. The summed E-state index contributed by atoms with van der Waals surface area (Å²) in [5.74, 6) is -0.950. The lowest BCUT2D eigenvalue weighted by atomic mass is 10.1. The number of aryl methyl sites for hydroxylation is 1. The molecule has 1 fully saturated rings. The molecule has 206 valence electrons. The van der Waals surface area contributed by atoms with Gasteiger partial charge in [-0.1, -0.05) is 30.3 Å². The Morgan fingerprint density at radius 1 is 1.00 bits per heavy atom. The lowest BCUT2D eigenvalue weighted by Crippen LogP contribution is -2.47. The fourth-order valence-electron chi connectivity index (χ4n) is 4.50. The first-order valence-corrected chi connectivity index (χ1v) is 14.5. The van der Waals surface area contributed by atoms with Crippen molar-refractivity contribution in [2.24, 2.45) is 0 Å². The lowest BCUT2D eigenvalue weighted by Gasteiger charge is -2.29. The molecule has 2 amide bonds. The molecule has 1 atom stereocenters. The van der Waals surface area contributed by atoms with Crippen molar-refractivity contribution in [1.29, 1.82) is 0 Å². The van der Waals surface area contributed by atoms with E-state index in [0.717, 1.165) is 18.4 Å². The first-order chi connectivity index (χ1) is 18.7. The number of amides is 2. The summed E-state index contributed by atoms with van der Waals surface area (Å²) in [6.07, 6.45) is 3.88. The summed E-state index contributed by atoms with van der Waals surface area (Å²) in [4.78, 5) is 32.3. The number of aromatic nitrogens is 1. The summed E-state index contributed by atoms with van der Waals surface area (Å²) in [6, 6.07) is 17.1. The average Bonchev–Trinajstić information content (AvgIpc) is 3.51. The average molecular weight is 553 g/mol. The smallest absolute Gasteiger partial charge is 0.243 e. The molecule has 0 unspecified atom stereocenters. The van der Waals surface area contributed by atoms with Crippen molar-refractivity contribution >= 4 is 21.8 Å². The first kappa shape index (κ1) is 28.4. The van der Waals surface area contributed by atoms with Gasteiger partial charge in [0, 0.05) is 32.3 Å². The van der Waals surface area contributed by atoms with Gasteiger partial charge in [0.15, 0.2) is 0 Å². The number of sulfonamides is 1. The second-order valence-electron chi connectivity index (χ2n) is 9.62. The van der Waals surface area contributed by atoms with E-state index in [-0.39, 0.29) is 42.0 Å². The summed E-state index contributed by atoms with van der Waals surface area (Å²) < 4.78 is 40.5. The quantitative estimate of drug-likeness (QED) is 0.391. The molecule has 1 N–H and O–H groups in total. The van der Waals surface area contributed by atoms with Crippen LogP contribution in [-0.4, -0.2) is 53.6 Å². The number of carbonyl (C=O) groups excluding carboxylic acids is 2. The van der Waals surface area contributed by atoms with Crippen molar-refractivity contribution in [3.63, 3.8) is 0 Å². The van der Waals surface area contributed by atoms with Gasteiger partial charge in [0.1, 0.15) is 11.9 Å². The summed E-state index contributed by atoms with van der Waals surface area (Å²) in [7, 11) is -3.50. The molecule has 2 aromatic carbocycles. The van der Waals surface area contributed by atoms with Gasteiger partial charge < -0.3 is 10.2 Å². The molecule has 8 nitrogen and oxygen atoms in total. The van der Waals surface area contributed by atoms with E-state index in [0.29, 0.717) is 30.8 Å². The molecule has 0 bridgehead atoms. The van der Waals surface area contributed by atoms with Crippen LogP contribution in [0.4, 0.5) is 4.39 Å². The summed E-state index contributed by atoms with van der Waals surface area (Å²) in [5.41, 5.74) is 2.22. The van der Waals surface area contributed by atoms with Gasteiger partial charge in [0.2, 0.25) is 21.8 Å². The van der Waals surface area contributed by atoms with Gasteiger partial charge in [0.05, 0.1) is 17.1 Å². The molecule has 2 heterocycles. The molecule has 10 heteroatoms. The molecule has 39 heavy (non-hydrogen) atoms. The Morgan fingerprint density at radius 3 is 2.31 bits per heavy atom. The predicted octanol–water partition coefficient (Wildman–Crippen LogP) is 3.67. The Balaban J connectivity index is 1.42. The molecule has 0 saturated carbocycles. The summed E-state index contributed by atoms with van der Waals surface area (Å²) in [5, 5.41) is 2.83. The molecule has 1 aromatic heterocycles. The number of carbonyl (C=O) groups is 2. The lowest BCUT2D eigenvalue weighted by molar-refractivity contribution is -0.140. The maximum absolute atomic E-state index is 13.4. The van der Waals surface area contributed by atoms with E-state index in [1.54, 1.807) is 61.7 Å². The molecule has 0 spiro atoms. The predicted molar refractivity (Wildman–Crippen MR) is 145 cm³/mol. The highest BCUT2D eigenvalue weighted by atomic mass is 32.2. The van der Waals surface area contributed by atoms with Crippen molar-refractivity contribution in [3.8, 4) is 0 Å². The Labute approximate surface area is 228 Å². The third-order valence-electron chi connectivity index (χ3n) is 6.86. The molecule has 0 radical (unpaired) electrons. The third kappa shape index (κ3) is 7.48. The zero-order chi connectivity index (χ0) is 27.8. The fourth-order valence-corrected chi connectivity index (χ4v) is 6.01. The van der Waals surface area contributed by atoms with Crippen LogP contribution in [0.2, 0.25) is 0 Å². The normalized spacial score (nSPS) is 14.6. The van der Waals surface area contributed by atoms with Crippen LogP contribution in [0.1, 0.15) is 43.0 Å². The molecule has 1 saturated heterocycles. The van der Waals surface area contributed by atoms with Crippen LogP contribution in [0.25, 0.3) is 0 Å². The second kappa shape index (κ2) is 12.9. The number of nitrogens with one attached hydrogen (secondary N) is 1. The Morgan fingerprint density at radius 2 is 1.67 bits per heavy atom. The van der Waals surface area contributed by atoms with E-state index in [1.165, 1.54) is 21.3 Å². The van der Waals surface area contributed by atoms with Crippen molar-refractivity contribution in [2.75, 3.05) is 13.1 Å². The molecule has 1 aliphatic heterocycles. The molecular formula is C29H33FN4O4S. The monoisotopic (exact) mass is 552 g/mol. The Hall–Kier alpha value is -3.63. The van der Waals surface area contributed by atoms with Crippen molar-refractivity contribution in [2.45, 2.75) is 56.6 Å². The Kier molecular flexibility index (Phi) is 9.42. The molecule has 4 rings (SSSR count). The standard InChI is InChI=1S/C29H33FN4O4S/c1-22(29(36)32-20-26-6-2-3-17-31-26)34(21-24-7-12-25(30)13-8-24)28(35)16-11-23-9-14-27(15-10-23)39(37,38)33-18-4-5-19-33/h2-3,6-10,12-15,17,22H,4-5,11,16,18-21H2,1H3,(H,32,36)/t22-/m0/s1. The van der Waals surface area contributed by atoms with Crippen molar-refractivity contribution in [3.05, 3.63) is 95.6 Å². The van der Waals surface area contributed by atoms with E-state index >= 15 is 0 Å². The van der Waals surface area contributed by atoms with Crippen LogP contribution in [0.15, 0.2) is 77.8 Å². The number of nitrogens with zero attached hydrogens (tertiary/aromatic N) is 3. The van der Waals surface area contributed by atoms with Crippen molar-refractivity contribution < 1.29 is 22.4 Å². The van der Waals surface area contributed by atoms with E-state index in [9.17, 15) is 22.4 Å². The molecule has 3 aromatic rings. The van der Waals surface area contributed by atoms with Crippen LogP contribution in [-0.2, 0) is 39.1 Å². The summed E-state index contributed by atoms with van der Waals surface area (Å²) in [6.45, 7) is 3.11. The number of rotatable bonds is 11. The summed E-state index contributed by atoms with van der Waals surface area (Å²) >= 11 is 0. The van der Waals surface area contributed by atoms with Crippen LogP contribution in [0, 0.1) is 5.82 Å². The first-order valence-electron chi connectivity index (χ1n) is 13.0. The van der Waals surface area contributed by atoms with E-state index in [2.05, 4.69) is 10.3 Å². The van der Waals surface area contributed by atoms with Gasteiger partial charge in [-0.25, -0.2) is 12.8 Å². The minimum absolute atomic E-state index is 0.122.